The molecule has 1 aromatic heterocycles. The van der Waals surface area contributed by atoms with Crippen molar-refractivity contribution < 1.29 is 14.3 Å². The fourth-order valence-corrected chi connectivity index (χ4v) is 2.49. The average molecular weight is 311 g/mol. The number of aromatic nitrogens is 2. The highest BCUT2D eigenvalue weighted by atomic mass is 16.6. The molecule has 23 heavy (non-hydrogen) atoms. The van der Waals surface area contributed by atoms with Crippen molar-refractivity contribution in [1.29, 1.82) is 5.26 Å². The minimum absolute atomic E-state index is 0.0610. The van der Waals surface area contributed by atoms with E-state index < -0.39 is 0 Å². The molecule has 0 radical (unpaired) electrons. The van der Waals surface area contributed by atoms with Crippen LogP contribution in [0.1, 0.15) is 23.5 Å². The zero-order valence-electron chi connectivity index (χ0n) is 12.8. The van der Waals surface area contributed by atoms with Crippen LogP contribution in [0.2, 0.25) is 0 Å². The van der Waals surface area contributed by atoms with Gasteiger partial charge in [0.05, 0.1) is 23.7 Å². The Morgan fingerprint density at radius 2 is 2.17 bits per heavy atom. The number of carbonyl (C=O) groups excluding carboxylic acids is 1. The highest BCUT2D eigenvalue weighted by Crippen LogP contribution is 2.47. The first kappa shape index (κ1) is 15.1. The molecule has 0 unspecified atom stereocenters. The van der Waals surface area contributed by atoms with Gasteiger partial charge in [-0.2, -0.15) is 10.4 Å². The maximum atomic E-state index is 11.9. The highest BCUT2D eigenvalue weighted by molar-refractivity contribution is 5.77. The fourth-order valence-electron chi connectivity index (χ4n) is 2.49. The van der Waals surface area contributed by atoms with Crippen molar-refractivity contribution in [3.05, 3.63) is 47.8 Å². The van der Waals surface area contributed by atoms with Crippen LogP contribution in [-0.4, -0.2) is 29.0 Å². The summed E-state index contributed by atoms with van der Waals surface area (Å²) in [5.74, 6) is 0.645. The number of esters is 1. The van der Waals surface area contributed by atoms with E-state index in [-0.39, 0.29) is 24.4 Å². The summed E-state index contributed by atoms with van der Waals surface area (Å²) in [7, 11) is 1.86. The predicted molar refractivity (Wildman–Crippen MR) is 81.7 cm³/mol. The molecule has 0 spiro atoms. The van der Waals surface area contributed by atoms with Crippen LogP contribution in [0.3, 0.4) is 0 Å². The van der Waals surface area contributed by atoms with Crippen LogP contribution in [0.4, 0.5) is 0 Å². The van der Waals surface area contributed by atoms with Crippen LogP contribution in [0.5, 0.6) is 5.75 Å². The van der Waals surface area contributed by atoms with Gasteiger partial charge in [0, 0.05) is 19.2 Å². The molecule has 6 heteroatoms. The van der Waals surface area contributed by atoms with Crippen molar-refractivity contribution in [1.82, 2.24) is 9.78 Å². The lowest BCUT2D eigenvalue weighted by Gasteiger charge is -2.07. The van der Waals surface area contributed by atoms with Crippen molar-refractivity contribution in [3.8, 4) is 11.8 Å². The van der Waals surface area contributed by atoms with Crippen molar-refractivity contribution in [2.45, 2.75) is 12.3 Å². The Balaban J connectivity index is 1.38. The first-order valence-corrected chi connectivity index (χ1v) is 7.45. The normalized spacial score (nSPS) is 19.0. The summed E-state index contributed by atoms with van der Waals surface area (Å²) in [5.41, 5.74) is 1.67. The minimum Gasteiger partial charge on any atom is -0.490 e. The minimum atomic E-state index is -0.178. The molecule has 1 fully saturated rings. The summed E-state index contributed by atoms with van der Waals surface area (Å²) < 4.78 is 12.5. The van der Waals surface area contributed by atoms with E-state index in [1.807, 2.05) is 19.3 Å². The predicted octanol–water partition coefficient (Wildman–Crippen LogP) is 2.02. The quantitative estimate of drug-likeness (QED) is 0.602. The Hall–Kier alpha value is -2.81. The van der Waals surface area contributed by atoms with Gasteiger partial charge in [0.2, 0.25) is 0 Å². The monoisotopic (exact) mass is 311 g/mol. The van der Waals surface area contributed by atoms with Crippen molar-refractivity contribution >= 4 is 5.97 Å². The van der Waals surface area contributed by atoms with Gasteiger partial charge >= 0.3 is 5.97 Å². The fraction of sp³-hybridized carbons (Fsp3) is 0.353. The van der Waals surface area contributed by atoms with Gasteiger partial charge in [0.25, 0.3) is 0 Å². The Kier molecular flexibility index (Phi) is 4.29. The third-order valence-corrected chi connectivity index (χ3v) is 3.83. The Morgan fingerprint density at radius 1 is 1.39 bits per heavy atom. The number of hydrogen-bond donors (Lipinski definition) is 0. The second-order valence-electron chi connectivity index (χ2n) is 5.55. The van der Waals surface area contributed by atoms with E-state index in [0.29, 0.717) is 17.9 Å². The van der Waals surface area contributed by atoms with Gasteiger partial charge in [-0.05, 0) is 36.2 Å². The smallest absolute Gasteiger partial charge is 0.309 e. The second-order valence-corrected chi connectivity index (χ2v) is 5.55. The van der Waals surface area contributed by atoms with Gasteiger partial charge in [-0.15, -0.1) is 0 Å². The second kappa shape index (κ2) is 6.53. The van der Waals surface area contributed by atoms with E-state index in [1.54, 1.807) is 35.1 Å². The standard InChI is InChI=1S/C17H17N3O3/c1-20-11-13(10-19-20)15-8-16(15)17(21)23-7-6-22-14-4-2-12(9-18)3-5-14/h2-5,10-11,15-16H,6-8H2,1H3/t15-,16+/m1/s1. The molecule has 1 aromatic carbocycles. The topological polar surface area (TPSA) is 77.1 Å². The molecular formula is C17H17N3O3. The number of carbonyl (C=O) groups is 1. The van der Waals surface area contributed by atoms with E-state index >= 15 is 0 Å². The summed E-state index contributed by atoms with van der Waals surface area (Å²) in [6, 6.07) is 8.86. The average Bonchev–Trinajstić information content (AvgIpc) is 3.26. The van der Waals surface area contributed by atoms with Crippen LogP contribution in [0.25, 0.3) is 0 Å². The van der Waals surface area contributed by atoms with E-state index in [1.165, 1.54) is 0 Å². The van der Waals surface area contributed by atoms with E-state index in [9.17, 15) is 4.79 Å². The first-order valence-electron chi connectivity index (χ1n) is 7.45. The molecule has 0 aliphatic heterocycles. The van der Waals surface area contributed by atoms with E-state index in [2.05, 4.69) is 5.10 Å². The first-order chi connectivity index (χ1) is 11.2. The molecule has 1 saturated carbocycles. The largest absolute Gasteiger partial charge is 0.490 e. The van der Waals surface area contributed by atoms with Gasteiger partial charge < -0.3 is 9.47 Å². The molecule has 0 N–H and O–H groups in total. The third-order valence-electron chi connectivity index (χ3n) is 3.83. The highest BCUT2D eigenvalue weighted by Gasteiger charge is 2.45. The summed E-state index contributed by atoms with van der Waals surface area (Å²) in [6.07, 6.45) is 4.55. The number of benzene rings is 1. The molecule has 0 saturated heterocycles. The zero-order valence-corrected chi connectivity index (χ0v) is 12.8. The molecule has 1 aliphatic carbocycles. The van der Waals surface area contributed by atoms with Crippen LogP contribution >= 0.6 is 0 Å². The Labute approximate surface area is 134 Å². The number of aryl methyl sites for hydroxylation is 1. The summed E-state index contributed by atoms with van der Waals surface area (Å²) in [5, 5.41) is 12.8. The third kappa shape index (κ3) is 3.69. The van der Waals surface area contributed by atoms with Crippen LogP contribution in [-0.2, 0) is 16.6 Å². The summed E-state index contributed by atoms with van der Waals surface area (Å²) >= 11 is 0. The van der Waals surface area contributed by atoms with Gasteiger partial charge in [0.1, 0.15) is 19.0 Å². The maximum Gasteiger partial charge on any atom is 0.309 e. The lowest BCUT2D eigenvalue weighted by molar-refractivity contribution is -0.146. The zero-order chi connectivity index (χ0) is 16.2. The number of nitrogens with zero attached hydrogens (tertiary/aromatic N) is 3. The van der Waals surface area contributed by atoms with Crippen LogP contribution in [0, 0.1) is 17.2 Å². The van der Waals surface area contributed by atoms with Gasteiger partial charge in [0.15, 0.2) is 0 Å². The SMILES string of the molecule is Cn1cc([C@H]2C[C@@H]2C(=O)OCCOc2ccc(C#N)cc2)cn1. The maximum absolute atomic E-state index is 11.9. The Morgan fingerprint density at radius 3 is 2.83 bits per heavy atom. The summed E-state index contributed by atoms with van der Waals surface area (Å²) in [6.45, 7) is 0.511. The van der Waals surface area contributed by atoms with Gasteiger partial charge in [-0.1, -0.05) is 0 Å². The molecule has 2 aromatic rings. The number of hydrogen-bond acceptors (Lipinski definition) is 5. The van der Waals surface area contributed by atoms with Crippen LogP contribution in [0.15, 0.2) is 36.7 Å². The molecule has 3 rings (SSSR count). The molecular weight excluding hydrogens is 294 g/mol. The van der Waals surface area contributed by atoms with E-state index in [4.69, 9.17) is 14.7 Å². The van der Waals surface area contributed by atoms with Crippen molar-refractivity contribution in [2.75, 3.05) is 13.2 Å². The molecule has 118 valence electrons. The molecule has 1 heterocycles. The lowest BCUT2D eigenvalue weighted by Crippen LogP contribution is -2.14. The molecule has 0 bridgehead atoms. The van der Waals surface area contributed by atoms with Gasteiger partial charge in [-0.25, -0.2) is 0 Å². The van der Waals surface area contributed by atoms with Gasteiger partial charge in [-0.3, -0.25) is 9.48 Å². The lowest BCUT2D eigenvalue weighted by atomic mass is 10.2. The summed E-state index contributed by atoms with van der Waals surface area (Å²) in [4.78, 5) is 11.9. The molecule has 1 aliphatic rings. The number of ether oxygens (including phenoxy) is 2. The molecule has 0 amide bonds. The van der Waals surface area contributed by atoms with E-state index in [0.717, 1.165) is 12.0 Å². The number of nitriles is 1. The Bertz CT molecular complexity index is 730. The molecule has 2 atom stereocenters. The van der Waals surface area contributed by atoms with Crippen molar-refractivity contribution in [2.24, 2.45) is 13.0 Å². The molecule has 6 nitrogen and oxygen atoms in total. The van der Waals surface area contributed by atoms with Crippen molar-refractivity contribution in [3.63, 3.8) is 0 Å². The number of rotatable bonds is 6. The van der Waals surface area contributed by atoms with Crippen LogP contribution < -0.4 is 4.74 Å².